The number of amides is 2. The third-order valence-corrected chi connectivity index (χ3v) is 7.33. The van der Waals surface area contributed by atoms with Crippen molar-refractivity contribution >= 4 is 18.0 Å². The number of nitrogens with one attached hydrogen (secondary N) is 1. The Kier molecular flexibility index (Phi) is 5.56. The van der Waals surface area contributed by atoms with Gasteiger partial charge in [0, 0.05) is 31.5 Å². The Balaban J connectivity index is 1.10. The molecule has 0 aromatic heterocycles. The number of hydrogen-bond acceptors (Lipinski definition) is 4. The summed E-state index contributed by atoms with van der Waals surface area (Å²) in [4.78, 5) is 38.0. The van der Waals surface area contributed by atoms with Gasteiger partial charge in [0.2, 0.25) is 5.91 Å². The van der Waals surface area contributed by atoms with Crippen LogP contribution in [0.1, 0.15) is 30.4 Å². The lowest BCUT2D eigenvalue weighted by Crippen LogP contribution is -2.33. The maximum absolute atomic E-state index is 12.7. The summed E-state index contributed by atoms with van der Waals surface area (Å²) in [5.74, 6) is -1.42. The first-order chi connectivity index (χ1) is 15.9. The van der Waals surface area contributed by atoms with Gasteiger partial charge in [0.05, 0.1) is 5.92 Å². The highest BCUT2D eigenvalue weighted by molar-refractivity contribution is 5.83. The minimum absolute atomic E-state index is 0.00457. The van der Waals surface area contributed by atoms with Gasteiger partial charge >= 0.3 is 12.1 Å². The highest BCUT2D eigenvalue weighted by Crippen LogP contribution is 2.44. The molecule has 2 N–H and O–H groups in total. The third-order valence-electron chi connectivity index (χ3n) is 7.33. The molecular formula is C26H28N2O5. The predicted molar refractivity (Wildman–Crippen MR) is 122 cm³/mol. The smallest absolute Gasteiger partial charge is 0.407 e. The van der Waals surface area contributed by atoms with Gasteiger partial charge in [0.15, 0.2) is 0 Å². The van der Waals surface area contributed by atoms with Crippen molar-refractivity contribution in [1.82, 2.24) is 10.2 Å². The number of hydrogen-bond donors (Lipinski definition) is 2. The van der Waals surface area contributed by atoms with Gasteiger partial charge < -0.3 is 20.1 Å². The average Bonchev–Trinajstić information content (AvgIpc) is 3.38. The molecule has 4 unspecified atom stereocenters. The zero-order chi connectivity index (χ0) is 23.1. The van der Waals surface area contributed by atoms with Crippen LogP contribution in [0.2, 0.25) is 0 Å². The van der Waals surface area contributed by atoms with E-state index in [1.54, 1.807) is 4.90 Å². The third kappa shape index (κ3) is 4.08. The molecule has 2 aromatic carbocycles. The van der Waals surface area contributed by atoms with Gasteiger partial charge in [-0.3, -0.25) is 9.59 Å². The van der Waals surface area contributed by atoms with E-state index in [0.29, 0.717) is 19.5 Å². The second kappa shape index (κ2) is 8.54. The van der Waals surface area contributed by atoms with E-state index in [1.807, 2.05) is 31.2 Å². The molecule has 0 bridgehead atoms. The first kappa shape index (κ1) is 21.5. The number of rotatable bonds is 6. The summed E-state index contributed by atoms with van der Waals surface area (Å²) in [6.45, 7) is 3.28. The Morgan fingerprint density at radius 3 is 2.24 bits per heavy atom. The molecule has 7 nitrogen and oxygen atoms in total. The van der Waals surface area contributed by atoms with Crippen LogP contribution in [0, 0.1) is 23.7 Å². The van der Waals surface area contributed by atoms with Crippen LogP contribution in [0.3, 0.4) is 0 Å². The summed E-state index contributed by atoms with van der Waals surface area (Å²) < 4.78 is 5.56. The van der Waals surface area contributed by atoms with Crippen molar-refractivity contribution in [1.29, 1.82) is 0 Å². The Bertz CT molecular complexity index is 1050. The normalized spacial score (nSPS) is 25.3. The second-order valence-electron chi connectivity index (χ2n) is 9.47. The van der Waals surface area contributed by atoms with Crippen molar-refractivity contribution in [2.24, 2.45) is 23.7 Å². The number of carboxylic acids is 1. The summed E-state index contributed by atoms with van der Waals surface area (Å²) in [5.41, 5.74) is 4.70. The molecule has 1 aliphatic heterocycles. The van der Waals surface area contributed by atoms with E-state index < -0.39 is 18.0 Å². The molecule has 5 rings (SSSR count). The minimum Gasteiger partial charge on any atom is -0.481 e. The predicted octanol–water partition coefficient (Wildman–Crippen LogP) is 3.34. The Morgan fingerprint density at radius 1 is 1.00 bits per heavy atom. The highest BCUT2D eigenvalue weighted by Gasteiger charge is 2.48. The monoisotopic (exact) mass is 448 g/mol. The lowest BCUT2D eigenvalue weighted by molar-refractivity contribution is -0.142. The fraction of sp³-hybridized carbons (Fsp3) is 0.423. The van der Waals surface area contributed by atoms with Crippen LogP contribution < -0.4 is 5.32 Å². The summed E-state index contributed by atoms with van der Waals surface area (Å²) in [5, 5.41) is 12.1. The van der Waals surface area contributed by atoms with Crippen LogP contribution in [0.15, 0.2) is 48.5 Å². The molecule has 2 aliphatic carbocycles. The Morgan fingerprint density at radius 2 is 1.64 bits per heavy atom. The van der Waals surface area contributed by atoms with Gasteiger partial charge in [0.1, 0.15) is 6.61 Å². The van der Waals surface area contributed by atoms with Crippen LogP contribution in [0.4, 0.5) is 4.79 Å². The Hall–Kier alpha value is -3.35. The molecule has 2 amide bonds. The molecule has 1 heterocycles. The van der Waals surface area contributed by atoms with Crippen molar-refractivity contribution in [3.63, 3.8) is 0 Å². The van der Waals surface area contributed by atoms with E-state index in [1.165, 1.54) is 22.3 Å². The van der Waals surface area contributed by atoms with Crippen molar-refractivity contribution in [3.05, 3.63) is 59.7 Å². The van der Waals surface area contributed by atoms with Crippen molar-refractivity contribution in [3.8, 4) is 11.1 Å². The first-order valence-corrected chi connectivity index (χ1v) is 11.5. The van der Waals surface area contributed by atoms with Crippen LogP contribution in [-0.4, -0.2) is 54.2 Å². The number of fused-ring (bicyclic) bond motifs is 3. The SMILES string of the molecule is CC1CN(C(=O)C2CC2CNC(=O)OCC2c3ccccc3-c3ccccc32)CC1C(=O)O. The molecule has 7 heteroatoms. The molecule has 0 radical (unpaired) electrons. The second-order valence-corrected chi connectivity index (χ2v) is 9.47. The summed E-state index contributed by atoms with van der Waals surface area (Å²) >= 11 is 0. The number of nitrogens with zero attached hydrogens (tertiary/aromatic N) is 1. The fourth-order valence-corrected chi connectivity index (χ4v) is 5.34. The lowest BCUT2D eigenvalue weighted by Gasteiger charge is -2.16. The van der Waals surface area contributed by atoms with E-state index >= 15 is 0 Å². The molecule has 1 saturated heterocycles. The zero-order valence-corrected chi connectivity index (χ0v) is 18.6. The van der Waals surface area contributed by atoms with E-state index in [4.69, 9.17) is 4.74 Å². The van der Waals surface area contributed by atoms with Crippen molar-refractivity contribution in [2.75, 3.05) is 26.2 Å². The van der Waals surface area contributed by atoms with Crippen molar-refractivity contribution < 1.29 is 24.2 Å². The zero-order valence-electron chi connectivity index (χ0n) is 18.6. The number of aliphatic carboxylic acids is 1. The van der Waals surface area contributed by atoms with E-state index in [-0.39, 0.29) is 42.7 Å². The molecule has 1 saturated carbocycles. The number of carbonyl (C=O) groups is 3. The van der Waals surface area contributed by atoms with Crippen molar-refractivity contribution in [2.45, 2.75) is 19.3 Å². The summed E-state index contributed by atoms with van der Waals surface area (Å²) in [6, 6.07) is 16.4. The molecule has 33 heavy (non-hydrogen) atoms. The van der Waals surface area contributed by atoms with Crippen LogP contribution in [-0.2, 0) is 14.3 Å². The van der Waals surface area contributed by atoms with Gasteiger partial charge in [-0.05, 0) is 40.5 Å². The number of alkyl carbamates (subject to hydrolysis) is 1. The molecular weight excluding hydrogens is 420 g/mol. The molecule has 2 aromatic rings. The van der Waals surface area contributed by atoms with Crippen LogP contribution >= 0.6 is 0 Å². The van der Waals surface area contributed by atoms with Gasteiger partial charge in [0.25, 0.3) is 0 Å². The number of likely N-dealkylation sites (tertiary alicyclic amines) is 1. The fourth-order valence-electron chi connectivity index (χ4n) is 5.34. The van der Waals surface area contributed by atoms with Gasteiger partial charge in [-0.15, -0.1) is 0 Å². The van der Waals surface area contributed by atoms with E-state index in [2.05, 4.69) is 29.6 Å². The van der Waals surface area contributed by atoms with Gasteiger partial charge in [-0.2, -0.15) is 0 Å². The molecule has 3 aliphatic rings. The van der Waals surface area contributed by atoms with E-state index in [9.17, 15) is 19.5 Å². The first-order valence-electron chi connectivity index (χ1n) is 11.5. The van der Waals surface area contributed by atoms with Crippen LogP contribution in [0.5, 0.6) is 0 Å². The maximum Gasteiger partial charge on any atom is 0.407 e. The van der Waals surface area contributed by atoms with Crippen LogP contribution in [0.25, 0.3) is 11.1 Å². The lowest BCUT2D eigenvalue weighted by atomic mass is 9.98. The molecule has 4 atom stereocenters. The summed E-state index contributed by atoms with van der Waals surface area (Å²) in [6.07, 6.45) is 0.237. The average molecular weight is 449 g/mol. The van der Waals surface area contributed by atoms with E-state index in [0.717, 1.165) is 0 Å². The largest absolute Gasteiger partial charge is 0.481 e. The molecule has 2 fully saturated rings. The number of benzene rings is 2. The summed E-state index contributed by atoms with van der Waals surface area (Å²) in [7, 11) is 0. The number of carboxylic acid groups (broad SMARTS) is 1. The topological polar surface area (TPSA) is 95.9 Å². The number of carbonyl (C=O) groups excluding carboxylic acids is 2. The molecule has 0 spiro atoms. The molecule has 172 valence electrons. The van der Waals surface area contributed by atoms with Gasteiger partial charge in [-0.1, -0.05) is 55.5 Å². The quantitative estimate of drug-likeness (QED) is 0.707. The number of ether oxygens (including phenoxy) is 1. The Labute approximate surface area is 192 Å². The highest BCUT2D eigenvalue weighted by atomic mass is 16.5. The maximum atomic E-state index is 12.7. The van der Waals surface area contributed by atoms with Gasteiger partial charge in [-0.25, -0.2) is 4.79 Å². The standard InChI is InChI=1S/C26H28N2O5/c1-15-12-28(13-22(15)25(30)31)24(29)21-10-16(21)11-27-26(32)33-14-23-19-8-4-2-6-17(19)18-7-3-5-9-20(18)23/h2-9,15-16,21-23H,10-14H2,1H3,(H,27,32)(H,30,31). The minimum atomic E-state index is -0.845.